The molecule has 78 heavy (non-hydrogen) atoms. The second-order valence-corrected chi connectivity index (χ2v) is 21.6. The van der Waals surface area contributed by atoms with Crippen molar-refractivity contribution in [2.45, 2.75) is 33.1 Å². The lowest BCUT2D eigenvalue weighted by molar-refractivity contribution is 0.379. The van der Waals surface area contributed by atoms with Crippen LogP contribution in [0.1, 0.15) is 47.1 Å². The number of rotatable bonds is 6. The number of fused-ring (bicyclic) bond motifs is 3. The molecule has 3 saturated heterocycles. The Bertz CT molecular complexity index is 3560. The molecule has 400 valence electrons. The van der Waals surface area contributed by atoms with Crippen LogP contribution < -0.4 is 19.3 Å². The summed E-state index contributed by atoms with van der Waals surface area (Å²) in [4.78, 5) is 23.4. The predicted octanol–water partition coefficient (Wildman–Crippen LogP) is 11.1. The monoisotopic (exact) mass is 1120 g/mol. The maximum atomic E-state index is 9.40. The second-order valence-electron chi connectivity index (χ2n) is 18.9. The summed E-state index contributed by atoms with van der Waals surface area (Å²) in [5.74, 6) is 2.56. The molecule has 3 fully saturated rings. The minimum atomic E-state index is 0.203. The number of nitrogens with one attached hydrogen (secondary N) is 2. The van der Waals surface area contributed by atoms with E-state index >= 15 is 0 Å². The number of anilines is 2. The molecule has 3 N–H and O–H groups in total. The fourth-order valence-corrected chi connectivity index (χ4v) is 9.91. The van der Waals surface area contributed by atoms with Gasteiger partial charge in [-0.3, -0.25) is 14.0 Å². The summed E-state index contributed by atoms with van der Waals surface area (Å²) in [7, 11) is 10.8. The standard InChI is InChI=1S/C18H18N5OP.C15H11N3O.C12H16N3P.C7H7N2OP.C5H12NP/c19-11-14-1-2-15(22-5-7-23(25)8-6-22)10-17(14)24-16-9-13-3-4-20-18(13)21-12-16;1-10-2-3-12(8-16)14(6-10)19-13-7-11-4-5-17-15(11)18-9-13;1-10-8-12(3-2-11(10)9-13)14-4-6-15(16)7-5-14;10-6-3-5-1-2-9(11)7(5)8-4-6;7-6-4-2-1-3-5-6/h1-4,9-10,12H,5-8,25H2,(H,20,21);2-7,9H,1H3,(H,17,18);2-3,8H,4-7,16H2,1H3;1-4,10H,11H2;1-5,7H2. The Kier molecular flexibility index (Phi) is 20.4. The number of piperazine rings is 2. The van der Waals surface area contributed by atoms with E-state index in [1.165, 1.54) is 44.2 Å². The zero-order valence-electron chi connectivity index (χ0n) is 43.8. The Hall–Kier alpha value is -7.20. The molecule has 17 nitrogen and oxygen atoms in total. The molecular formula is C57H64N14O3P4. The number of hydrogen-bond acceptors (Lipinski definition) is 14. The maximum absolute atomic E-state index is 9.40. The summed E-state index contributed by atoms with van der Waals surface area (Å²) in [6.45, 7) is 14.7. The number of piperidine rings is 1. The van der Waals surface area contributed by atoms with E-state index in [0.717, 1.165) is 108 Å². The number of hydrogen-bond donors (Lipinski definition) is 3. The van der Waals surface area contributed by atoms with Gasteiger partial charge in [-0.05, 0) is 126 Å². The van der Waals surface area contributed by atoms with Gasteiger partial charge in [-0.25, -0.2) is 15.0 Å². The summed E-state index contributed by atoms with van der Waals surface area (Å²) in [6, 6.07) is 35.1. The lowest BCUT2D eigenvalue weighted by atomic mass is 10.1. The summed E-state index contributed by atoms with van der Waals surface area (Å²) in [5, 5.41) is 39.3. The van der Waals surface area contributed by atoms with E-state index in [0.29, 0.717) is 34.1 Å². The highest BCUT2D eigenvalue weighted by Crippen LogP contribution is 2.32. The number of nitrogens with zero attached hydrogens (tertiary/aromatic N) is 12. The number of aromatic nitrogens is 6. The molecule has 12 rings (SSSR count). The van der Waals surface area contributed by atoms with Crippen molar-refractivity contribution >= 4 is 82.0 Å². The van der Waals surface area contributed by atoms with E-state index < -0.39 is 0 Å². The van der Waals surface area contributed by atoms with Gasteiger partial charge in [0.05, 0.1) is 41.4 Å². The molecule has 3 aliphatic rings. The molecule has 21 heteroatoms. The van der Waals surface area contributed by atoms with Crippen LogP contribution in [0.5, 0.6) is 28.7 Å². The summed E-state index contributed by atoms with van der Waals surface area (Å²) >= 11 is 0. The minimum Gasteiger partial charge on any atom is -0.506 e. The molecule has 0 aliphatic carbocycles. The fraction of sp³-hybridized carbons (Fsp3) is 0.263. The van der Waals surface area contributed by atoms with Crippen molar-refractivity contribution in [2.24, 2.45) is 0 Å². The van der Waals surface area contributed by atoms with Crippen molar-refractivity contribution in [3.8, 4) is 47.0 Å². The summed E-state index contributed by atoms with van der Waals surface area (Å²) in [5.41, 5.74) is 8.70. The average molecular weight is 1120 g/mol. The first-order valence-corrected chi connectivity index (χ1v) is 27.6. The zero-order chi connectivity index (χ0) is 55.0. The molecule has 0 saturated carbocycles. The third kappa shape index (κ3) is 15.7. The smallest absolute Gasteiger partial charge is 0.147 e. The highest BCUT2D eigenvalue weighted by atomic mass is 31.0. The Labute approximate surface area is 464 Å². The number of ether oxygens (including phenoxy) is 2. The Balaban J connectivity index is 0.000000136. The predicted molar refractivity (Wildman–Crippen MR) is 324 cm³/mol. The van der Waals surface area contributed by atoms with Gasteiger partial charge in [0.1, 0.15) is 57.8 Å². The number of pyridine rings is 3. The molecule has 9 aromatic rings. The Morgan fingerprint density at radius 2 is 1.01 bits per heavy atom. The Morgan fingerprint density at radius 3 is 1.53 bits per heavy atom. The molecule has 6 aromatic heterocycles. The lowest BCUT2D eigenvalue weighted by Crippen LogP contribution is -2.42. The quantitative estimate of drug-likeness (QED) is 0.133. The SMILES string of the molecule is Cc1cc(N2CCN(P)CC2)ccc1C#N.Cc1ccc(C#N)c(Oc2cnc3[nH]ccc3c2)c1.N#Cc1ccc(N2CCN(P)CC2)cc1Oc1cnc2[nH]ccc2c1.Oc1cnc2c(ccn2P)c1.PN1CCCCC1. The van der Waals surface area contributed by atoms with Crippen molar-refractivity contribution < 1.29 is 14.6 Å². The number of aromatic amines is 2. The molecule has 0 amide bonds. The Morgan fingerprint density at radius 1 is 0.513 bits per heavy atom. The van der Waals surface area contributed by atoms with Crippen LogP contribution in [0, 0.1) is 47.8 Å². The maximum Gasteiger partial charge on any atom is 0.147 e. The van der Waals surface area contributed by atoms with E-state index in [-0.39, 0.29) is 5.75 Å². The van der Waals surface area contributed by atoms with Gasteiger partial charge in [-0.1, -0.05) is 40.7 Å². The molecule has 3 aromatic carbocycles. The normalized spacial score (nSPS) is 14.7. The van der Waals surface area contributed by atoms with Crippen LogP contribution in [0.3, 0.4) is 0 Å². The molecule has 0 spiro atoms. The van der Waals surface area contributed by atoms with Gasteiger partial charge >= 0.3 is 0 Å². The van der Waals surface area contributed by atoms with Crippen LogP contribution in [-0.4, -0.2) is 114 Å². The van der Waals surface area contributed by atoms with Gasteiger partial charge in [0, 0.05) is 118 Å². The van der Waals surface area contributed by atoms with Gasteiger partial charge in [0.25, 0.3) is 0 Å². The molecule has 0 radical (unpaired) electrons. The third-order valence-electron chi connectivity index (χ3n) is 13.2. The van der Waals surface area contributed by atoms with Gasteiger partial charge < -0.3 is 38.7 Å². The van der Waals surface area contributed by atoms with Crippen LogP contribution >= 0.6 is 37.6 Å². The van der Waals surface area contributed by atoms with Gasteiger partial charge in [0.15, 0.2) is 0 Å². The van der Waals surface area contributed by atoms with Crippen molar-refractivity contribution in [1.29, 1.82) is 15.8 Å². The van der Waals surface area contributed by atoms with Crippen molar-refractivity contribution in [2.75, 3.05) is 75.2 Å². The van der Waals surface area contributed by atoms with Gasteiger partial charge in [0.2, 0.25) is 0 Å². The number of H-pyrrole nitrogens is 2. The van der Waals surface area contributed by atoms with E-state index in [4.69, 9.17) is 25.1 Å². The fourth-order valence-electron chi connectivity index (χ4n) is 8.78. The van der Waals surface area contributed by atoms with Crippen LogP contribution in [0.25, 0.3) is 33.1 Å². The first-order chi connectivity index (χ1) is 37.9. The highest BCUT2D eigenvalue weighted by molar-refractivity contribution is 7.15. The van der Waals surface area contributed by atoms with Crippen LogP contribution in [-0.2, 0) is 0 Å². The number of nitriles is 3. The van der Waals surface area contributed by atoms with Crippen LogP contribution in [0.15, 0.2) is 128 Å². The number of aromatic hydroxyl groups is 1. The van der Waals surface area contributed by atoms with E-state index in [1.54, 1.807) is 24.5 Å². The topological polar surface area (TPSA) is 201 Å². The molecule has 9 heterocycles. The molecule has 4 unspecified atom stereocenters. The molecule has 0 bridgehead atoms. The molecule has 3 aliphatic heterocycles. The van der Waals surface area contributed by atoms with Crippen molar-refractivity contribution in [3.05, 3.63) is 156 Å². The second kappa shape index (κ2) is 27.9. The largest absolute Gasteiger partial charge is 0.506 e. The average Bonchev–Trinajstić information content (AvgIpc) is 4.23. The lowest BCUT2D eigenvalue weighted by Gasteiger charge is -2.34. The van der Waals surface area contributed by atoms with Crippen molar-refractivity contribution in [1.82, 2.24) is 43.3 Å². The number of aryl methyl sites for hydroxylation is 2. The van der Waals surface area contributed by atoms with Crippen molar-refractivity contribution in [3.63, 3.8) is 0 Å². The number of benzene rings is 3. The summed E-state index contributed by atoms with van der Waals surface area (Å²) < 4.78 is 20.4. The van der Waals surface area contributed by atoms with Gasteiger partial charge in [-0.2, -0.15) is 15.8 Å². The molecule has 4 atom stereocenters. The minimum absolute atomic E-state index is 0.203. The molecular weight excluding hydrogens is 1050 g/mol. The van der Waals surface area contributed by atoms with E-state index in [2.05, 4.69) is 111 Å². The summed E-state index contributed by atoms with van der Waals surface area (Å²) in [6.07, 6.45) is 14.5. The zero-order valence-corrected chi connectivity index (χ0v) is 48.4. The van der Waals surface area contributed by atoms with Crippen LogP contribution in [0.2, 0.25) is 0 Å². The van der Waals surface area contributed by atoms with E-state index in [1.807, 2.05) is 110 Å². The third-order valence-corrected chi connectivity index (χ3v) is 15.1. The first kappa shape index (κ1) is 57.0. The van der Waals surface area contributed by atoms with Gasteiger partial charge in [-0.15, -0.1) is 0 Å². The van der Waals surface area contributed by atoms with Crippen LogP contribution in [0.4, 0.5) is 11.4 Å². The van der Waals surface area contributed by atoms with E-state index in [9.17, 15) is 5.26 Å². The first-order valence-electron chi connectivity index (χ1n) is 25.5. The highest BCUT2D eigenvalue weighted by Gasteiger charge is 2.18.